The van der Waals surface area contributed by atoms with Gasteiger partial charge in [0.15, 0.2) is 0 Å². The molecule has 1 rings (SSSR count). The minimum atomic E-state index is 0.398. The molecule has 1 saturated heterocycles. The van der Waals surface area contributed by atoms with E-state index in [-0.39, 0.29) is 0 Å². The van der Waals surface area contributed by atoms with Crippen LogP contribution < -0.4 is 5.32 Å². The van der Waals surface area contributed by atoms with Crippen LogP contribution in [0.1, 0.15) is 40.5 Å². The van der Waals surface area contributed by atoms with Gasteiger partial charge in [0.1, 0.15) is 0 Å². The molecule has 0 aromatic rings. The Labute approximate surface area is 101 Å². The van der Waals surface area contributed by atoms with Gasteiger partial charge in [0.25, 0.3) is 0 Å². The van der Waals surface area contributed by atoms with Crippen LogP contribution in [0.5, 0.6) is 0 Å². The van der Waals surface area contributed by atoms with Crippen LogP contribution in [0.15, 0.2) is 0 Å². The van der Waals surface area contributed by atoms with Crippen molar-refractivity contribution in [3.63, 3.8) is 0 Å². The van der Waals surface area contributed by atoms with Crippen LogP contribution >= 0.6 is 0 Å². The molecule has 0 spiro atoms. The van der Waals surface area contributed by atoms with E-state index in [1.165, 1.54) is 19.4 Å². The standard InChI is InChI=1S/C13H28N2O/c1-5-7-14-11(2)6-8-15-9-13(4)16-10-12(15)3/h11-14H,5-10H2,1-4H3. The second-order valence-electron chi connectivity index (χ2n) is 5.13. The molecule has 0 amide bonds. The normalized spacial score (nSPS) is 29.2. The number of rotatable bonds is 6. The molecule has 1 fully saturated rings. The molecule has 0 aliphatic carbocycles. The monoisotopic (exact) mass is 228 g/mol. The summed E-state index contributed by atoms with van der Waals surface area (Å²) in [6, 6.07) is 1.21. The molecule has 0 bridgehead atoms. The fraction of sp³-hybridized carbons (Fsp3) is 1.00. The van der Waals surface area contributed by atoms with Gasteiger partial charge in [-0.1, -0.05) is 6.92 Å². The molecule has 0 radical (unpaired) electrons. The second-order valence-corrected chi connectivity index (χ2v) is 5.13. The predicted octanol–water partition coefficient (Wildman–Crippen LogP) is 1.87. The van der Waals surface area contributed by atoms with E-state index in [2.05, 4.69) is 37.9 Å². The molecule has 0 aromatic heterocycles. The van der Waals surface area contributed by atoms with Crippen LogP contribution in [0, 0.1) is 0 Å². The zero-order chi connectivity index (χ0) is 12.0. The van der Waals surface area contributed by atoms with E-state index >= 15 is 0 Å². The average Bonchev–Trinajstić information content (AvgIpc) is 2.27. The number of nitrogens with zero attached hydrogens (tertiary/aromatic N) is 1. The highest BCUT2D eigenvalue weighted by molar-refractivity contribution is 4.76. The molecule has 1 heterocycles. The molecule has 3 nitrogen and oxygen atoms in total. The van der Waals surface area contributed by atoms with Gasteiger partial charge < -0.3 is 10.1 Å². The highest BCUT2D eigenvalue weighted by Gasteiger charge is 2.23. The summed E-state index contributed by atoms with van der Waals surface area (Å²) in [5, 5.41) is 3.54. The van der Waals surface area contributed by atoms with Gasteiger partial charge in [0, 0.05) is 25.2 Å². The Balaban J connectivity index is 2.19. The molecular formula is C13H28N2O. The van der Waals surface area contributed by atoms with Gasteiger partial charge in [0.2, 0.25) is 0 Å². The van der Waals surface area contributed by atoms with E-state index in [0.717, 1.165) is 19.7 Å². The summed E-state index contributed by atoms with van der Waals surface area (Å²) in [4.78, 5) is 2.55. The van der Waals surface area contributed by atoms with Gasteiger partial charge in [-0.25, -0.2) is 0 Å². The summed E-state index contributed by atoms with van der Waals surface area (Å²) in [5.41, 5.74) is 0. The maximum absolute atomic E-state index is 5.63. The molecule has 3 heteroatoms. The molecule has 1 N–H and O–H groups in total. The molecule has 96 valence electrons. The third-order valence-corrected chi connectivity index (χ3v) is 3.33. The van der Waals surface area contributed by atoms with Gasteiger partial charge in [-0.15, -0.1) is 0 Å². The van der Waals surface area contributed by atoms with Gasteiger partial charge in [-0.3, -0.25) is 4.90 Å². The lowest BCUT2D eigenvalue weighted by Crippen LogP contribution is -2.48. The van der Waals surface area contributed by atoms with Gasteiger partial charge >= 0.3 is 0 Å². The lowest BCUT2D eigenvalue weighted by Gasteiger charge is -2.37. The summed E-state index contributed by atoms with van der Waals surface area (Å²) in [7, 11) is 0. The van der Waals surface area contributed by atoms with Crippen LogP contribution in [0.25, 0.3) is 0 Å². The first kappa shape index (κ1) is 13.9. The van der Waals surface area contributed by atoms with Crippen LogP contribution in [-0.4, -0.2) is 49.3 Å². The smallest absolute Gasteiger partial charge is 0.0674 e. The topological polar surface area (TPSA) is 24.5 Å². The predicted molar refractivity (Wildman–Crippen MR) is 68.8 cm³/mol. The Kier molecular flexibility index (Phi) is 6.32. The molecular weight excluding hydrogens is 200 g/mol. The molecule has 1 aliphatic heterocycles. The Bertz CT molecular complexity index is 187. The molecule has 0 aromatic carbocycles. The lowest BCUT2D eigenvalue weighted by atomic mass is 10.1. The highest BCUT2D eigenvalue weighted by Crippen LogP contribution is 2.12. The fourth-order valence-electron chi connectivity index (χ4n) is 2.14. The first-order chi connectivity index (χ1) is 7.63. The van der Waals surface area contributed by atoms with Crippen molar-refractivity contribution in [3.8, 4) is 0 Å². The number of morpholine rings is 1. The van der Waals surface area contributed by atoms with Crippen molar-refractivity contribution < 1.29 is 4.74 Å². The van der Waals surface area contributed by atoms with Crippen LogP contribution in [-0.2, 0) is 4.74 Å². The average molecular weight is 228 g/mol. The van der Waals surface area contributed by atoms with Crippen molar-refractivity contribution in [3.05, 3.63) is 0 Å². The van der Waals surface area contributed by atoms with E-state index in [1.807, 2.05) is 0 Å². The Morgan fingerprint density at radius 3 is 2.88 bits per heavy atom. The molecule has 3 atom stereocenters. The van der Waals surface area contributed by atoms with Crippen molar-refractivity contribution >= 4 is 0 Å². The summed E-state index contributed by atoms with van der Waals surface area (Å²) in [6.45, 7) is 13.2. The van der Waals surface area contributed by atoms with E-state index in [4.69, 9.17) is 4.74 Å². The Morgan fingerprint density at radius 1 is 1.44 bits per heavy atom. The molecule has 3 unspecified atom stereocenters. The van der Waals surface area contributed by atoms with Crippen molar-refractivity contribution in [2.45, 2.75) is 58.7 Å². The first-order valence-corrected chi connectivity index (χ1v) is 6.72. The van der Waals surface area contributed by atoms with Crippen molar-refractivity contribution in [2.24, 2.45) is 0 Å². The minimum Gasteiger partial charge on any atom is -0.376 e. The fourth-order valence-corrected chi connectivity index (χ4v) is 2.14. The largest absolute Gasteiger partial charge is 0.376 e. The van der Waals surface area contributed by atoms with Gasteiger partial charge in [0.05, 0.1) is 12.7 Å². The summed E-state index contributed by atoms with van der Waals surface area (Å²) in [5.74, 6) is 0. The van der Waals surface area contributed by atoms with Crippen molar-refractivity contribution in [1.82, 2.24) is 10.2 Å². The maximum atomic E-state index is 5.63. The Hall–Kier alpha value is -0.120. The quantitative estimate of drug-likeness (QED) is 0.751. The maximum Gasteiger partial charge on any atom is 0.0674 e. The molecule has 0 saturated carbocycles. The van der Waals surface area contributed by atoms with E-state index < -0.39 is 0 Å². The van der Waals surface area contributed by atoms with E-state index in [9.17, 15) is 0 Å². The van der Waals surface area contributed by atoms with E-state index in [1.54, 1.807) is 0 Å². The van der Waals surface area contributed by atoms with Gasteiger partial charge in [-0.2, -0.15) is 0 Å². The van der Waals surface area contributed by atoms with Crippen molar-refractivity contribution in [1.29, 1.82) is 0 Å². The number of hydrogen-bond acceptors (Lipinski definition) is 3. The zero-order valence-electron chi connectivity index (χ0n) is 11.3. The number of hydrogen-bond donors (Lipinski definition) is 1. The lowest BCUT2D eigenvalue weighted by molar-refractivity contribution is -0.0500. The van der Waals surface area contributed by atoms with Crippen molar-refractivity contribution in [2.75, 3.05) is 26.2 Å². The second kappa shape index (κ2) is 7.25. The SMILES string of the molecule is CCCNC(C)CCN1CC(C)OCC1C. The summed E-state index contributed by atoms with van der Waals surface area (Å²) >= 11 is 0. The minimum absolute atomic E-state index is 0.398. The first-order valence-electron chi connectivity index (χ1n) is 6.72. The molecule has 16 heavy (non-hydrogen) atoms. The van der Waals surface area contributed by atoms with Crippen LogP contribution in [0.3, 0.4) is 0 Å². The highest BCUT2D eigenvalue weighted by atomic mass is 16.5. The van der Waals surface area contributed by atoms with Crippen LogP contribution in [0.4, 0.5) is 0 Å². The summed E-state index contributed by atoms with van der Waals surface area (Å²) < 4.78 is 5.63. The Morgan fingerprint density at radius 2 is 2.19 bits per heavy atom. The van der Waals surface area contributed by atoms with E-state index in [0.29, 0.717) is 18.2 Å². The van der Waals surface area contributed by atoms with Gasteiger partial charge in [-0.05, 0) is 40.2 Å². The number of ether oxygens (including phenoxy) is 1. The summed E-state index contributed by atoms with van der Waals surface area (Å²) in [6.07, 6.45) is 2.85. The number of nitrogens with one attached hydrogen (secondary N) is 1. The third kappa shape index (κ3) is 4.81. The van der Waals surface area contributed by atoms with Crippen LogP contribution in [0.2, 0.25) is 0 Å². The zero-order valence-corrected chi connectivity index (χ0v) is 11.3. The molecule has 1 aliphatic rings. The third-order valence-electron chi connectivity index (χ3n) is 3.33.